The van der Waals surface area contributed by atoms with Crippen LogP contribution in [-0.4, -0.2) is 32.2 Å². The Bertz CT molecular complexity index is 927. The number of hydrogen-bond donors (Lipinski definition) is 1. The maximum atomic E-state index is 12.9. The molecule has 2 aromatic carbocycles. The Hall–Kier alpha value is -1.86. The van der Waals surface area contributed by atoms with Crippen molar-refractivity contribution in [1.29, 1.82) is 0 Å². The third-order valence-electron chi connectivity index (χ3n) is 3.97. The first-order chi connectivity index (χ1) is 12.9. The standard InChI is InChI=1S/C19H13Cl2NO3S2/c20-13-7-4-8-14(21)12(13)10-16-17(23)22(19(26)27-16)15(18(24)25)9-11-5-2-1-3-6-11/h1-8,10,15H,9H2,(H,24,25)/b16-10+/t15-/m1/s1. The number of carbonyl (C=O) groups is 2. The van der Waals surface area contributed by atoms with Crippen LogP contribution in [0.2, 0.25) is 10.0 Å². The molecule has 138 valence electrons. The molecule has 2 aromatic rings. The van der Waals surface area contributed by atoms with Crippen molar-refractivity contribution in [2.24, 2.45) is 0 Å². The molecule has 0 saturated carbocycles. The molecule has 1 aliphatic heterocycles. The van der Waals surface area contributed by atoms with Gasteiger partial charge in [0.25, 0.3) is 5.91 Å². The molecule has 0 aromatic heterocycles. The molecule has 0 radical (unpaired) electrons. The highest BCUT2D eigenvalue weighted by molar-refractivity contribution is 8.26. The fourth-order valence-corrected chi connectivity index (χ4v) is 4.50. The van der Waals surface area contributed by atoms with Crippen LogP contribution in [0.25, 0.3) is 6.08 Å². The summed E-state index contributed by atoms with van der Waals surface area (Å²) >= 11 is 18.6. The lowest BCUT2D eigenvalue weighted by molar-refractivity contribution is -0.145. The largest absolute Gasteiger partial charge is 0.480 e. The number of halogens is 2. The average molecular weight is 438 g/mol. The van der Waals surface area contributed by atoms with E-state index in [-0.39, 0.29) is 15.6 Å². The van der Waals surface area contributed by atoms with Gasteiger partial charge in [0, 0.05) is 22.0 Å². The van der Waals surface area contributed by atoms with E-state index < -0.39 is 17.9 Å². The second-order valence-corrected chi connectivity index (χ2v) is 8.22. The summed E-state index contributed by atoms with van der Waals surface area (Å²) in [6.07, 6.45) is 1.70. The van der Waals surface area contributed by atoms with Crippen molar-refractivity contribution < 1.29 is 14.7 Å². The van der Waals surface area contributed by atoms with Gasteiger partial charge in [-0.2, -0.15) is 0 Å². The average Bonchev–Trinajstić information content (AvgIpc) is 2.90. The van der Waals surface area contributed by atoms with Gasteiger partial charge in [0.1, 0.15) is 10.4 Å². The Labute approximate surface area is 175 Å². The van der Waals surface area contributed by atoms with E-state index in [0.717, 1.165) is 22.2 Å². The SMILES string of the molecule is O=C(O)[C@@H](Cc1ccccc1)N1C(=O)/C(=C\c2c(Cl)cccc2Cl)SC1=S. The molecule has 0 bridgehead atoms. The number of rotatable bonds is 5. The van der Waals surface area contributed by atoms with E-state index in [1.54, 1.807) is 24.3 Å². The number of carbonyl (C=O) groups excluding carboxylic acids is 1. The third kappa shape index (κ3) is 4.35. The molecule has 4 nitrogen and oxygen atoms in total. The summed E-state index contributed by atoms with van der Waals surface area (Å²) in [5.74, 6) is -1.59. The van der Waals surface area contributed by atoms with Crippen molar-refractivity contribution in [3.8, 4) is 0 Å². The van der Waals surface area contributed by atoms with Gasteiger partial charge >= 0.3 is 5.97 Å². The van der Waals surface area contributed by atoms with Crippen molar-refractivity contribution in [2.75, 3.05) is 0 Å². The maximum absolute atomic E-state index is 12.9. The summed E-state index contributed by atoms with van der Waals surface area (Å²) in [4.78, 5) is 26.1. The zero-order valence-electron chi connectivity index (χ0n) is 13.8. The molecule has 0 unspecified atom stereocenters. The van der Waals surface area contributed by atoms with E-state index in [1.807, 2.05) is 30.3 Å². The molecule has 1 atom stereocenters. The number of amides is 1. The number of carboxylic acids is 1. The van der Waals surface area contributed by atoms with Crippen LogP contribution in [0.15, 0.2) is 53.4 Å². The summed E-state index contributed by atoms with van der Waals surface area (Å²) < 4.78 is 0.192. The molecule has 27 heavy (non-hydrogen) atoms. The Balaban J connectivity index is 1.92. The number of hydrogen-bond acceptors (Lipinski definition) is 4. The molecule has 3 rings (SSSR count). The first-order valence-electron chi connectivity index (χ1n) is 7.86. The molecule has 0 aliphatic carbocycles. The highest BCUT2D eigenvalue weighted by atomic mass is 35.5. The van der Waals surface area contributed by atoms with Crippen molar-refractivity contribution in [3.63, 3.8) is 0 Å². The minimum absolute atomic E-state index is 0.155. The van der Waals surface area contributed by atoms with Crippen molar-refractivity contribution >= 4 is 69.5 Å². The summed E-state index contributed by atoms with van der Waals surface area (Å²) in [5.41, 5.74) is 1.30. The Kier molecular flexibility index (Phi) is 6.22. The topological polar surface area (TPSA) is 57.6 Å². The van der Waals surface area contributed by atoms with Crippen LogP contribution < -0.4 is 0 Å². The lowest BCUT2D eigenvalue weighted by Crippen LogP contribution is -2.45. The zero-order valence-corrected chi connectivity index (χ0v) is 16.9. The summed E-state index contributed by atoms with van der Waals surface area (Å²) in [5, 5.41) is 10.5. The van der Waals surface area contributed by atoms with E-state index in [1.165, 1.54) is 0 Å². The van der Waals surface area contributed by atoms with E-state index in [4.69, 9.17) is 35.4 Å². The zero-order chi connectivity index (χ0) is 19.6. The van der Waals surface area contributed by atoms with Gasteiger partial charge in [-0.3, -0.25) is 9.69 Å². The van der Waals surface area contributed by atoms with Crippen LogP contribution in [-0.2, 0) is 16.0 Å². The van der Waals surface area contributed by atoms with Crippen LogP contribution in [0.1, 0.15) is 11.1 Å². The number of carboxylic acid groups (broad SMARTS) is 1. The predicted molar refractivity (Wildman–Crippen MR) is 113 cm³/mol. The monoisotopic (exact) mass is 437 g/mol. The number of benzene rings is 2. The van der Waals surface area contributed by atoms with Gasteiger partial charge < -0.3 is 5.11 Å². The smallest absolute Gasteiger partial charge is 0.327 e. The minimum atomic E-state index is -1.12. The maximum Gasteiger partial charge on any atom is 0.327 e. The highest BCUT2D eigenvalue weighted by Gasteiger charge is 2.40. The number of thioether (sulfide) groups is 1. The van der Waals surface area contributed by atoms with E-state index >= 15 is 0 Å². The molecular formula is C19H13Cl2NO3S2. The molecule has 1 amide bonds. The summed E-state index contributed by atoms with van der Waals surface area (Å²) in [6, 6.07) is 13.0. The fourth-order valence-electron chi connectivity index (χ4n) is 2.65. The van der Waals surface area contributed by atoms with Crippen molar-refractivity contribution in [3.05, 3.63) is 74.6 Å². The molecule has 8 heteroatoms. The van der Waals surface area contributed by atoms with Crippen molar-refractivity contribution in [2.45, 2.75) is 12.5 Å². The van der Waals surface area contributed by atoms with Crippen LogP contribution >= 0.6 is 47.2 Å². The fraction of sp³-hybridized carbons (Fsp3) is 0.105. The molecule has 1 aliphatic rings. The Morgan fingerprint density at radius 1 is 1.15 bits per heavy atom. The van der Waals surface area contributed by atoms with Crippen molar-refractivity contribution in [1.82, 2.24) is 4.90 Å². The van der Waals surface area contributed by atoms with Crippen LogP contribution in [0.4, 0.5) is 0 Å². The van der Waals surface area contributed by atoms with Gasteiger partial charge in [-0.25, -0.2) is 4.79 Å². The van der Waals surface area contributed by atoms with Gasteiger partial charge in [0.15, 0.2) is 0 Å². The van der Waals surface area contributed by atoms with Gasteiger partial charge in [0.2, 0.25) is 0 Å². The summed E-state index contributed by atoms with van der Waals surface area (Å²) in [7, 11) is 0. The first-order valence-corrected chi connectivity index (χ1v) is 9.84. The number of nitrogens with zero attached hydrogens (tertiary/aromatic N) is 1. The molecule has 1 heterocycles. The van der Waals surface area contributed by atoms with Gasteiger partial charge in [-0.1, -0.05) is 83.6 Å². The summed E-state index contributed by atoms with van der Waals surface area (Å²) in [6.45, 7) is 0. The lowest BCUT2D eigenvalue weighted by atomic mass is 10.0. The molecule has 1 saturated heterocycles. The minimum Gasteiger partial charge on any atom is -0.480 e. The highest BCUT2D eigenvalue weighted by Crippen LogP contribution is 2.37. The normalized spacial score (nSPS) is 16.8. The Morgan fingerprint density at radius 2 is 1.78 bits per heavy atom. The molecule has 1 N–H and O–H groups in total. The number of thiocarbonyl (C=S) groups is 1. The second kappa shape index (κ2) is 8.44. The van der Waals surface area contributed by atoms with Gasteiger partial charge in [-0.05, 0) is 23.8 Å². The second-order valence-electron chi connectivity index (χ2n) is 5.73. The third-order valence-corrected chi connectivity index (χ3v) is 5.96. The van der Waals surface area contributed by atoms with Crippen LogP contribution in [0.3, 0.4) is 0 Å². The quantitative estimate of drug-likeness (QED) is 0.532. The predicted octanol–water partition coefficient (Wildman–Crippen LogP) is 4.89. The van der Waals surface area contributed by atoms with Gasteiger partial charge in [-0.15, -0.1) is 0 Å². The van der Waals surface area contributed by atoms with E-state index in [9.17, 15) is 14.7 Å². The number of aliphatic carboxylic acids is 1. The lowest BCUT2D eigenvalue weighted by Gasteiger charge is -2.23. The van der Waals surface area contributed by atoms with Crippen LogP contribution in [0, 0.1) is 0 Å². The molecular weight excluding hydrogens is 425 g/mol. The van der Waals surface area contributed by atoms with E-state index in [2.05, 4.69) is 0 Å². The van der Waals surface area contributed by atoms with Crippen LogP contribution in [0.5, 0.6) is 0 Å². The molecule has 0 spiro atoms. The van der Waals surface area contributed by atoms with E-state index in [0.29, 0.717) is 15.6 Å². The Morgan fingerprint density at radius 3 is 2.37 bits per heavy atom. The van der Waals surface area contributed by atoms with Gasteiger partial charge in [0.05, 0.1) is 4.91 Å². The molecule has 1 fully saturated rings. The first kappa shape index (κ1) is 19.9.